The fourth-order valence-corrected chi connectivity index (χ4v) is 1.41. The molecule has 0 bridgehead atoms. The first-order chi connectivity index (χ1) is 6.81. The zero-order valence-electron chi connectivity index (χ0n) is 7.82. The van der Waals surface area contributed by atoms with Gasteiger partial charge >= 0.3 is 5.97 Å². The van der Waals surface area contributed by atoms with Crippen molar-refractivity contribution in [1.29, 1.82) is 0 Å². The molecule has 0 saturated carbocycles. The van der Waals surface area contributed by atoms with Gasteiger partial charge in [0.15, 0.2) is 0 Å². The molecule has 14 heavy (non-hydrogen) atoms. The summed E-state index contributed by atoms with van der Waals surface area (Å²) in [4.78, 5) is 11.0. The monoisotopic (exact) mass is 190 g/mol. The summed E-state index contributed by atoms with van der Waals surface area (Å²) in [6.07, 6.45) is 1.37. The van der Waals surface area contributed by atoms with Gasteiger partial charge in [0.1, 0.15) is 12.4 Å². The molecular formula is C11H10O3. The first kappa shape index (κ1) is 8.81. The molecule has 1 heterocycles. The van der Waals surface area contributed by atoms with E-state index in [0.717, 1.165) is 11.1 Å². The van der Waals surface area contributed by atoms with Gasteiger partial charge in [0.05, 0.1) is 13.2 Å². The number of fused-ring (bicyclic) bond motifs is 1. The third-order valence-electron chi connectivity index (χ3n) is 2.12. The number of carbonyl (C=O) groups is 1. The predicted octanol–water partition coefficient (Wildman–Crippen LogP) is 1.73. The van der Waals surface area contributed by atoms with Crippen molar-refractivity contribution in [2.75, 3.05) is 7.11 Å². The van der Waals surface area contributed by atoms with Crippen LogP contribution >= 0.6 is 0 Å². The van der Waals surface area contributed by atoms with Crippen molar-refractivity contribution in [3.8, 4) is 0 Å². The van der Waals surface area contributed by atoms with Crippen LogP contribution < -0.4 is 0 Å². The van der Waals surface area contributed by atoms with Gasteiger partial charge in [0, 0.05) is 11.1 Å². The fraction of sp³-hybridized carbons (Fsp3) is 0.182. The van der Waals surface area contributed by atoms with E-state index in [2.05, 4.69) is 4.74 Å². The zero-order valence-corrected chi connectivity index (χ0v) is 7.82. The molecular weight excluding hydrogens is 180 g/mol. The molecule has 2 rings (SSSR count). The highest BCUT2D eigenvalue weighted by Gasteiger charge is 2.17. The average Bonchev–Trinajstić information content (AvgIpc) is 2.62. The molecule has 0 unspecified atom stereocenters. The number of esters is 1. The minimum absolute atomic E-state index is 0.392. The Labute approximate surface area is 81.9 Å². The lowest BCUT2D eigenvalue weighted by Crippen LogP contribution is -1.96. The van der Waals surface area contributed by atoms with Gasteiger partial charge < -0.3 is 9.47 Å². The van der Waals surface area contributed by atoms with Crippen molar-refractivity contribution in [2.45, 2.75) is 6.61 Å². The summed E-state index contributed by atoms with van der Waals surface area (Å²) in [6.45, 7) is 0.527. The second-order valence-electron chi connectivity index (χ2n) is 2.98. The zero-order chi connectivity index (χ0) is 9.97. The normalized spacial score (nSPS) is 16.2. The molecule has 3 heteroatoms. The van der Waals surface area contributed by atoms with E-state index in [-0.39, 0.29) is 0 Å². The van der Waals surface area contributed by atoms with Crippen molar-refractivity contribution in [1.82, 2.24) is 0 Å². The van der Waals surface area contributed by atoms with Gasteiger partial charge in [-0.05, 0) is 0 Å². The Kier molecular flexibility index (Phi) is 2.23. The quantitative estimate of drug-likeness (QED) is 0.499. The molecule has 0 N–H and O–H groups in total. The van der Waals surface area contributed by atoms with Crippen molar-refractivity contribution in [3.05, 3.63) is 41.5 Å². The first-order valence-electron chi connectivity index (χ1n) is 4.32. The number of carbonyl (C=O) groups excluding carboxylic acids is 1. The Morgan fingerprint density at radius 1 is 1.50 bits per heavy atom. The lowest BCUT2D eigenvalue weighted by atomic mass is 10.1. The second-order valence-corrected chi connectivity index (χ2v) is 2.98. The largest absolute Gasteiger partial charge is 0.488 e. The summed E-state index contributed by atoms with van der Waals surface area (Å²) in [6, 6.07) is 7.77. The van der Waals surface area contributed by atoms with Crippen LogP contribution in [0.25, 0.3) is 5.76 Å². The predicted molar refractivity (Wildman–Crippen MR) is 51.2 cm³/mol. The third kappa shape index (κ3) is 1.48. The van der Waals surface area contributed by atoms with Gasteiger partial charge in [-0.3, -0.25) is 0 Å². The van der Waals surface area contributed by atoms with Gasteiger partial charge in [0.25, 0.3) is 0 Å². The molecule has 0 fully saturated rings. The summed E-state index contributed by atoms with van der Waals surface area (Å²) in [5, 5.41) is 0. The molecule has 0 aliphatic carbocycles. The third-order valence-corrected chi connectivity index (χ3v) is 2.12. The highest BCUT2D eigenvalue weighted by atomic mass is 16.5. The molecule has 0 radical (unpaired) electrons. The van der Waals surface area contributed by atoms with Crippen LogP contribution in [0.4, 0.5) is 0 Å². The van der Waals surface area contributed by atoms with Crippen molar-refractivity contribution in [3.63, 3.8) is 0 Å². The number of hydrogen-bond donors (Lipinski definition) is 0. The maximum atomic E-state index is 11.0. The van der Waals surface area contributed by atoms with Crippen LogP contribution in [0.3, 0.4) is 0 Å². The number of ether oxygens (including phenoxy) is 2. The van der Waals surface area contributed by atoms with E-state index >= 15 is 0 Å². The van der Waals surface area contributed by atoms with Crippen LogP contribution in [-0.2, 0) is 20.9 Å². The molecule has 0 amide bonds. The lowest BCUT2D eigenvalue weighted by Gasteiger charge is -1.98. The Bertz CT molecular complexity index is 393. The summed E-state index contributed by atoms with van der Waals surface area (Å²) in [5.74, 6) is 0.198. The molecule has 1 aromatic rings. The minimum Gasteiger partial charge on any atom is -0.488 e. The van der Waals surface area contributed by atoms with E-state index in [9.17, 15) is 4.79 Å². The Balaban J connectivity index is 2.35. The summed E-state index contributed by atoms with van der Waals surface area (Å²) in [7, 11) is 1.35. The number of rotatable bonds is 1. The highest BCUT2D eigenvalue weighted by Crippen LogP contribution is 2.28. The van der Waals surface area contributed by atoms with Gasteiger partial charge in [-0.15, -0.1) is 0 Å². The molecule has 1 aliphatic heterocycles. The highest BCUT2D eigenvalue weighted by molar-refractivity contribution is 5.90. The average molecular weight is 190 g/mol. The van der Waals surface area contributed by atoms with Crippen LogP contribution in [0.15, 0.2) is 30.3 Å². The SMILES string of the molecule is COC(=O)/C=C1\OCc2ccccc21. The molecule has 1 aromatic carbocycles. The van der Waals surface area contributed by atoms with E-state index < -0.39 is 5.97 Å². The van der Waals surface area contributed by atoms with Gasteiger partial charge in [-0.25, -0.2) is 4.79 Å². The lowest BCUT2D eigenvalue weighted by molar-refractivity contribution is -0.134. The molecule has 72 valence electrons. The standard InChI is InChI=1S/C11H10O3/c1-13-11(12)6-10-9-5-3-2-4-8(9)7-14-10/h2-6H,7H2,1H3/b10-6-. The molecule has 0 saturated heterocycles. The molecule has 0 spiro atoms. The van der Waals surface area contributed by atoms with Crippen molar-refractivity contribution in [2.24, 2.45) is 0 Å². The van der Waals surface area contributed by atoms with Gasteiger partial charge in [-0.2, -0.15) is 0 Å². The van der Waals surface area contributed by atoms with E-state index in [1.807, 2.05) is 24.3 Å². The Morgan fingerprint density at radius 2 is 2.29 bits per heavy atom. The van der Waals surface area contributed by atoms with Crippen LogP contribution in [0.1, 0.15) is 11.1 Å². The Morgan fingerprint density at radius 3 is 3.07 bits per heavy atom. The van der Waals surface area contributed by atoms with Gasteiger partial charge in [-0.1, -0.05) is 24.3 Å². The number of benzene rings is 1. The summed E-state index contributed by atoms with van der Waals surface area (Å²) in [5.41, 5.74) is 2.07. The van der Waals surface area contributed by atoms with E-state index in [1.54, 1.807) is 0 Å². The smallest absolute Gasteiger partial charge is 0.334 e. The number of methoxy groups -OCH3 is 1. The maximum absolute atomic E-state index is 11.0. The Hall–Kier alpha value is -1.77. The van der Waals surface area contributed by atoms with Crippen LogP contribution in [0, 0.1) is 0 Å². The van der Waals surface area contributed by atoms with E-state index in [4.69, 9.17) is 4.74 Å². The van der Waals surface area contributed by atoms with Crippen LogP contribution in [0.2, 0.25) is 0 Å². The fourth-order valence-electron chi connectivity index (χ4n) is 1.41. The molecule has 1 aliphatic rings. The van der Waals surface area contributed by atoms with Gasteiger partial charge in [0.2, 0.25) is 0 Å². The van der Waals surface area contributed by atoms with Crippen LogP contribution in [-0.4, -0.2) is 13.1 Å². The second kappa shape index (κ2) is 3.54. The molecule has 3 nitrogen and oxygen atoms in total. The minimum atomic E-state index is -0.392. The van der Waals surface area contributed by atoms with E-state index in [0.29, 0.717) is 12.4 Å². The van der Waals surface area contributed by atoms with Crippen molar-refractivity contribution < 1.29 is 14.3 Å². The topological polar surface area (TPSA) is 35.5 Å². The van der Waals surface area contributed by atoms with Crippen molar-refractivity contribution >= 4 is 11.7 Å². The first-order valence-corrected chi connectivity index (χ1v) is 4.32. The van der Waals surface area contributed by atoms with Crippen LogP contribution in [0.5, 0.6) is 0 Å². The number of hydrogen-bond acceptors (Lipinski definition) is 3. The summed E-state index contributed by atoms with van der Waals surface area (Å²) >= 11 is 0. The molecule has 0 aromatic heterocycles. The van der Waals surface area contributed by atoms with E-state index in [1.165, 1.54) is 13.2 Å². The molecule has 0 atom stereocenters. The summed E-state index contributed by atoms with van der Waals surface area (Å²) < 4.78 is 9.89. The maximum Gasteiger partial charge on any atom is 0.334 e.